The highest BCUT2D eigenvalue weighted by Gasteiger charge is 2.15. The van der Waals surface area contributed by atoms with Crippen LogP contribution in [0.4, 0.5) is 0 Å². The predicted octanol–water partition coefficient (Wildman–Crippen LogP) is 1.84. The molecule has 2 rings (SSSR count). The lowest BCUT2D eigenvalue weighted by Gasteiger charge is -2.05. The molecular weight excluding hydrogens is 260 g/mol. The number of aromatic nitrogens is 2. The maximum absolute atomic E-state index is 11.8. The molecule has 0 bridgehead atoms. The van der Waals surface area contributed by atoms with Crippen molar-refractivity contribution in [2.45, 2.75) is 13.5 Å². The van der Waals surface area contributed by atoms with E-state index in [1.54, 1.807) is 6.92 Å². The van der Waals surface area contributed by atoms with E-state index in [2.05, 4.69) is 9.97 Å². The summed E-state index contributed by atoms with van der Waals surface area (Å²) < 4.78 is 5.05. The summed E-state index contributed by atoms with van der Waals surface area (Å²) in [4.78, 5) is 30.2. The quantitative estimate of drug-likeness (QED) is 0.854. The van der Waals surface area contributed by atoms with E-state index in [-0.39, 0.29) is 18.1 Å². The Bertz CT molecular complexity index is 641. The molecule has 0 fully saturated rings. The number of rotatable bonds is 4. The van der Waals surface area contributed by atoms with E-state index in [4.69, 9.17) is 9.84 Å². The van der Waals surface area contributed by atoms with Crippen molar-refractivity contribution < 1.29 is 19.4 Å². The Balaban J connectivity index is 2.11. The molecule has 0 saturated heterocycles. The van der Waals surface area contributed by atoms with Crippen LogP contribution in [0.15, 0.2) is 36.4 Å². The normalized spacial score (nSPS) is 10.1. The first-order valence-corrected chi connectivity index (χ1v) is 5.86. The minimum atomic E-state index is -1.22. The first-order chi connectivity index (χ1) is 9.56. The van der Waals surface area contributed by atoms with Gasteiger partial charge in [0.1, 0.15) is 6.61 Å². The number of hydrogen-bond acceptors (Lipinski definition) is 5. The molecule has 0 saturated carbocycles. The van der Waals surface area contributed by atoms with Crippen LogP contribution >= 0.6 is 0 Å². The van der Waals surface area contributed by atoms with Crippen molar-refractivity contribution in [2.24, 2.45) is 0 Å². The van der Waals surface area contributed by atoms with Crippen molar-refractivity contribution in [1.29, 1.82) is 0 Å². The van der Waals surface area contributed by atoms with E-state index < -0.39 is 11.9 Å². The molecule has 2 aromatic rings. The molecule has 1 N–H and O–H groups in total. The molecule has 0 aliphatic heterocycles. The summed E-state index contributed by atoms with van der Waals surface area (Å²) in [6, 6.07) is 10.4. The van der Waals surface area contributed by atoms with E-state index in [9.17, 15) is 9.59 Å². The van der Waals surface area contributed by atoms with E-state index >= 15 is 0 Å². The highest BCUT2D eigenvalue weighted by Crippen LogP contribution is 2.05. The number of carboxylic acids is 1. The molecule has 0 aliphatic rings. The van der Waals surface area contributed by atoms with Gasteiger partial charge in [-0.1, -0.05) is 30.3 Å². The third-order valence-electron chi connectivity index (χ3n) is 2.47. The maximum Gasteiger partial charge on any atom is 0.376 e. The minimum absolute atomic E-state index is 0.0827. The lowest BCUT2D eigenvalue weighted by atomic mass is 10.2. The van der Waals surface area contributed by atoms with Crippen molar-refractivity contribution in [1.82, 2.24) is 9.97 Å². The average molecular weight is 272 g/mol. The van der Waals surface area contributed by atoms with E-state index in [0.29, 0.717) is 5.69 Å². The summed E-state index contributed by atoms with van der Waals surface area (Å²) in [5, 5.41) is 8.88. The summed E-state index contributed by atoms with van der Waals surface area (Å²) in [5.41, 5.74) is 0.986. The Morgan fingerprint density at radius 1 is 1.20 bits per heavy atom. The van der Waals surface area contributed by atoms with Gasteiger partial charge in [0, 0.05) is 5.69 Å². The predicted molar refractivity (Wildman–Crippen MR) is 69.3 cm³/mol. The molecule has 6 heteroatoms. The van der Waals surface area contributed by atoms with Crippen molar-refractivity contribution in [2.75, 3.05) is 0 Å². The van der Waals surface area contributed by atoms with E-state index in [1.165, 1.54) is 6.07 Å². The van der Waals surface area contributed by atoms with Gasteiger partial charge in [0.25, 0.3) is 0 Å². The maximum atomic E-state index is 11.8. The molecule has 0 spiro atoms. The van der Waals surface area contributed by atoms with Gasteiger partial charge in [0.15, 0.2) is 5.69 Å². The van der Waals surface area contributed by atoms with Gasteiger partial charge < -0.3 is 9.84 Å². The monoisotopic (exact) mass is 272 g/mol. The molecule has 0 unspecified atom stereocenters. The van der Waals surface area contributed by atoms with Crippen LogP contribution in [0.5, 0.6) is 0 Å². The number of aromatic carboxylic acids is 1. The zero-order chi connectivity index (χ0) is 14.5. The van der Waals surface area contributed by atoms with Crippen LogP contribution in [-0.2, 0) is 11.3 Å². The lowest BCUT2D eigenvalue weighted by Crippen LogP contribution is -2.14. The molecule has 0 atom stereocenters. The molecule has 0 radical (unpaired) electrons. The summed E-state index contributed by atoms with van der Waals surface area (Å²) in [6.45, 7) is 1.67. The molecule has 102 valence electrons. The van der Waals surface area contributed by atoms with Crippen molar-refractivity contribution in [3.63, 3.8) is 0 Å². The van der Waals surface area contributed by atoms with Gasteiger partial charge in [-0.25, -0.2) is 19.6 Å². The average Bonchev–Trinajstić information content (AvgIpc) is 2.45. The summed E-state index contributed by atoms with van der Waals surface area (Å²) in [7, 11) is 0. The fourth-order valence-electron chi connectivity index (χ4n) is 1.56. The van der Waals surface area contributed by atoms with Crippen LogP contribution in [0.1, 0.15) is 32.4 Å². The van der Waals surface area contributed by atoms with Crippen molar-refractivity contribution in [3.8, 4) is 0 Å². The SMILES string of the molecule is Cc1cc(C(=O)O)nc(C(=O)OCc2ccccc2)n1. The van der Waals surface area contributed by atoms with Crippen molar-refractivity contribution >= 4 is 11.9 Å². The van der Waals surface area contributed by atoms with Gasteiger partial charge in [-0.2, -0.15) is 0 Å². The van der Waals surface area contributed by atoms with E-state index in [1.807, 2.05) is 30.3 Å². The molecule has 1 heterocycles. The van der Waals surface area contributed by atoms with Gasteiger partial charge in [0.2, 0.25) is 5.82 Å². The Kier molecular flexibility index (Phi) is 4.05. The Morgan fingerprint density at radius 3 is 2.55 bits per heavy atom. The van der Waals surface area contributed by atoms with Crippen LogP contribution in [0, 0.1) is 6.92 Å². The Morgan fingerprint density at radius 2 is 1.90 bits per heavy atom. The largest absolute Gasteiger partial charge is 0.477 e. The number of carboxylic acid groups (broad SMARTS) is 1. The fraction of sp³-hybridized carbons (Fsp3) is 0.143. The Hall–Kier alpha value is -2.76. The summed E-state index contributed by atoms with van der Waals surface area (Å²) >= 11 is 0. The van der Waals surface area contributed by atoms with Crippen LogP contribution in [0.25, 0.3) is 0 Å². The summed E-state index contributed by atoms with van der Waals surface area (Å²) in [5.74, 6) is -2.22. The van der Waals surface area contributed by atoms with Crippen LogP contribution in [0.3, 0.4) is 0 Å². The number of nitrogens with zero attached hydrogens (tertiary/aromatic N) is 2. The number of carbonyl (C=O) groups is 2. The molecule has 20 heavy (non-hydrogen) atoms. The second kappa shape index (κ2) is 5.92. The van der Waals surface area contributed by atoms with Crippen molar-refractivity contribution in [3.05, 3.63) is 59.2 Å². The second-order valence-corrected chi connectivity index (χ2v) is 4.09. The first-order valence-electron chi connectivity index (χ1n) is 5.86. The number of benzene rings is 1. The topological polar surface area (TPSA) is 89.4 Å². The lowest BCUT2D eigenvalue weighted by molar-refractivity contribution is 0.0457. The molecule has 1 aromatic carbocycles. The third-order valence-corrected chi connectivity index (χ3v) is 2.47. The summed E-state index contributed by atoms with van der Waals surface area (Å²) in [6.07, 6.45) is 0. The zero-order valence-electron chi connectivity index (χ0n) is 10.7. The van der Waals surface area contributed by atoms with Crippen LogP contribution in [0.2, 0.25) is 0 Å². The first kappa shape index (κ1) is 13.7. The molecule has 0 amide bonds. The van der Waals surface area contributed by atoms with Gasteiger partial charge in [0.05, 0.1) is 0 Å². The van der Waals surface area contributed by atoms with Gasteiger partial charge in [-0.15, -0.1) is 0 Å². The number of esters is 1. The number of aryl methyl sites for hydroxylation is 1. The minimum Gasteiger partial charge on any atom is -0.477 e. The molecule has 1 aromatic heterocycles. The standard InChI is InChI=1S/C14H12N2O4/c1-9-7-11(13(17)18)16-12(15-9)14(19)20-8-10-5-3-2-4-6-10/h2-7H,8H2,1H3,(H,17,18). The molecule has 6 nitrogen and oxygen atoms in total. The second-order valence-electron chi connectivity index (χ2n) is 4.09. The molecular formula is C14H12N2O4. The zero-order valence-corrected chi connectivity index (χ0v) is 10.7. The van der Waals surface area contributed by atoms with Crippen LogP contribution < -0.4 is 0 Å². The van der Waals surface area contributed by atoms with Gasteiger partial charge in [-0.05, 0) is 18.6 Å². The number of ether oxygens (including phenoxy) is 1. The van der Waals surface area contributed by atoms with Gasteiger partial charge in [-0.3, -0.25) is 0 Å². The highest BCUT2D eigenvalue weighted by atomic mass is 16.5. The Labute approximate surface area is 115 Å². The smallest absolute Gasteiger partial charge is 0.376 e. The van der Waals surface area contributed by atoms with Gasteiger partial charge >= 0.3 is 11.9 Å². The number of hydrogen-bond donors (Lipinski definition) is 1. The highest BCUT2D eigenvalue weighted by molar-refractivity contribution is 5.89. The van der Waals surface area contributed by atoms with E-state index in [0.717, 1.165) is 5.56 Å². The third kappa shape index (κ3) is 3.38. The number of carbonyl (C=O) groups excluding carboxylic acids is 1. The van der Waals surface area contributed by atoms with Crippen LogP contribution in [-0.4, -0.2) is 27.0 Å². The molecule has 0 aliphatic carbocycles. The fourth-order valence-corrected chi connectivity index (χ4v) is 1.56.